The van der Waals surface area contributed by atoms with Gasteiger partial charge in [0.15, 0.2) is 0 Å². The number of allylic oxidation sites excluding steroid dienone is 1. The summed E-state index contributed by atoms with van der Waals surface area (Å²) in [4.78, 5) is 34.1. The molecule has 1 aliphatic carbocycles. The number of rotatable bonds is 18. The number of nitrogens with one attached hydrogen (secondary N) is 2. The molecule has 5 aromatic carbocycles. The Hall–Kier alpha value is -5.61. The van der Waals surface area contributed by atoms with Gasteiger partial charge in [-0.05, 0) is 134 Å². The Morgan fingerprint density at radius 1 is 0.772 bits per heavy atom. The Bertz CT molecular complexity index is 3140. The van der Waals surface area contributed by atoms with Crippen molar-refractivity contribution in [3.05, 3.63) is 155 Å². The average Bonchev–Trinajstić information content (AvgIpc) is 3.87. The second-order valence-corrected chi connectivity index (χ2v) is 25.8. The highest BCUT2D eigenvalue weighted by molar-refractivity contribution is 7.99. The third kappa shape index (κ3) is 15.0. The van der Waals surface area contributed by atoms with Gasteiger partial charge < -0.3 is 29.5 Å². The van der Waals surface area contributed by atoms with Crippen LogP contribution in [0.1, 0.15) is 66.4 Å². The van der Waals surface area contributed by atoms with Crippen LogP contribution in [-0.2, 0) is 35.9 Å². The first kappa shape index (κ1) is 58.1. The number of carbonyl (C=O) groups is 2. The first-order chi connectivity index (χ1) is 37.9. The lowest BCUT2D eigenvalue weighted by Crippen LogP contribution is -2.48. The van der Waals surface area contributed by atoms with Crippen LogP contribution in [0.3, 0.4) is 0 Å². The van der Waals surface area contributed by atoms with Crippen molar-refractivity contribution in [2.45, 2.75) is 77.8 Å². The van der Waals surface area contributed by atoms with E-state index in [1.807, 2.05) is 82.4 Å². The molecule has 0 aromatic heterocycles. The zero-order chi connectivity index (χ0) is 55.6. The number of piperidine rings is 1. The molecule has 2 amide bonds. The fourth-order valence-corrected chi connectivity index (χ4v) is 14.0. The van der Waals surface area contributed by atoms with Crippen LogP contribution < -0.4 is 14.9 Å². The lowest BCUT2D eigenvalue weighted by atomic mass is 9.65. The van der Waals surface area contributed by atoms with E-state index in [0.29, 0.717) is 75.7 Å². The van der Waals surface area contributed by atoms with Crippen molar-refractivity contribution in [2.24, 2.45) is 5.41 Å². The van der Waals surface area contributed by atoms with Crippen LogP contribution in [-0.4, -0.2) is 140 Å². The van der Waals surface area contributed by atoms with Crippen molar-refractivity contribution in [3.8, 4) is 0 Å². The SMILES string of the molecule is O=C(NS(=O)(=O)c1ccc(N[C@H](CCN2CCCOCC2)CSc2ccccc2)c(S(=O)(=O)C(F)(F)F)c1)c1ccc(N2CCN(CC3=C(c4ccc(Cl)cc4)CCC4(CCN(C(=O)OCc5ccccc5)CC4)C3)CC2)cc1. The number of benzene rings is 5. The predicted molar refractivity (Wildman–Crippen MR) is 303 cm³/mol. The molecule has 79 heavy (non-hydrogen) atoms. The first-order valence-electron chi connectivity index (χ1n) is 26.7. The summed E-state index contributed by atoms with van der Waals surface area (Å²) in [7, 11) is -11.0. The van der Waals surface area contributed by atoms with Crippen LogP contribution in [0.2, 0.25) is 5.02 Å². The lowest BCUT2D eigenvalue weighted by Gasteiger charge is -2.46. The maximum absolute atomic E-state index is 14.3. The number of alkyl halides is 3. The number of sulfonamides is 1. The van der Waals surface area contributed by atoms with Gasteiger partial charge in [-0.2, -0.15) is 13.2 Å². The molecule has 0 radical (unpaired) electrons. The van der Waals surface area contributed by atoms with Crippen molar-refractivity contribution in [3.63, 3.8) is 0 Å². The number of nitrogens with zero attached hydrogens (tertiary/aromatic N) is 4. The van der Waals surface area contributed by atoms with E-state index < -0.39 is 52.8 Å². The number of sulfone groups is 1. The zero-order valence-electron chi connectivity index (χ0n) is 43.8. The van der Waals surface area contributed by atoms with Gasteiger partial charge >= 0.3 is 11.6 Å². The number of hydrogen-bond acceptors (Lipinski definition) is 13. The summed E-state index contributed by atoms with van der Waals surface area (Å²) in [6.07, 6.45) is 5.63. The topological polar surface area (TPSA) is 158 Å². The minimum atomic E-state index is -6.09. The number of carbonyl (C=O) groups excluding carboxylic acids is 2. The normalized spacial score (nSPS) is 18.2. The number of ether oxygens (including phenoxy) is 2. The van der Waals surface area contributed by atoms with E-state index >= 15 is 0 Å². The molecule has 1 atom stereocenters. The van der Waals surface area contributed by atoms with Gasteiger partial charge in [0, 0.05) is 105 Å². The first-order valence-corrected chi connectivity index (χ1v) is 31.0. The molecule has 3 heterocycles. The standard InChI is InChI=1S/C58H66ClF3N6O8S3/c59-47-16-12-44(13-17-47)52-22-24-57(25-29-68(30-26-57)56(70)76-41-43-8-3-1-4-9-43)39-46(52)40-66-31-33-67(34-32-66)49-18-14-45(15-19-49)55(69)64-79(73,74)51-20-21-53(54(38-51)78(71,72)58(60,61)62)63-48(42-77-50-10-5-2-6-11-50)23-28-65-27-7-36-75-37-35-65/h1-6,8-21,38,48,63H,7,22-37,39-42H2,(H,64,69)/t48-/m1/s1. The Kier molecular flexibility index (Phi) is 19.0. The number of likely N-dealkylation sites (tertiary alicyclic amines) is 1. The molecule has 3 aliphatic heterocycles. The van der Waals surface area contributed by atoms with Crippen LogP contribution in [0.4, 0.5) is 29.3 Å². The largest absolute Gasteiger partial charge is 0.501 e. The molecule has 5 aromatic rings. The summed E-state index contributed by atoms with van der Waals surface area (Å²) in [6.45, 7) is 8.35. The molecule has 21 heteroatoms. The van der Waals surface area contributed by atoms with Gasteiger partial charge in [-0.1, -0.05) is 77.8 Å². The van der Waals surface area contributed by atoms with Crippen LogP contribution in [0, 0.1) is 5.41 Å². The summed E-state index contributed by atoms with van der Waals surface area (Å²) in [5.41, 5.74) is -0.449. The second kappa shape index (κ2) is 25.9. The Morgan fingerprint density at radius 2 is 1.47 bits per heavy atom. The minimum absolute atomic E-state index is 0.0232. The number of halogens is 4. The molecule has 0 saturated carbocycles. The van der Waals surface area contributed by atoms with Crippen LogP contribution in [0.15, 0.2) is 148 Å². The zero-order valence-corrected chi connectivity index (χ0v) is 47.0. The molecule has 0 unspecified atom stereocenters. The summed E-state index contributed by atoms with van der Waals surface area (Å²) in [6, 6.07) is 35.4. The predicted octanol–water partition coefficient (Wildman–Crippen LogP) is 10.6. The third-order valence-electron chi connectivity index (χ3n) is 15.4. The number of anilines is 2. The summed E-state index contributed by atoms with van der Waals surface area (Å²) in [5, 5.41) is 3.69. The van der Waals surface area contributed by atoms with Gasteiger partial charge in [-0.25, -0.2) is 26.4 Å². The van der Waals surface area contributed by atoms with Crippen molar-refractivity contribution < 1.29 is 49.1 Å². The third-order valence-corrected chi connectivity index (χ3v) is 19.7. The highest BCUT2D eigenvalue weighted by atomic mass is 35.5. The minimum Gasteiger partial charge on any atom is -0.445 e. The smallest absolute Gasteiger partial charge is 0.445 e. The molecule has 422 valence electrons. The van der Waals surface area contributed by atoms with E-state index in [0.717, 1.165) is 93.0 Å². The maximum atomic E-state index is 14.3. The number of piperazine rings is 1. The lowest BCUT2D eigenvalue weighted by molar-refractivity contribution is -0.0436. The van der Waals surface area contributed by atoms with Crippen LogP contribution in [0.5, 0.6) is 0 Å². The molecule has 3 saturated heterocycles. The molecule has 9 rings (SSSR count). The van der Waals surface area contributed by atoms with Crippen molar-refractivity contribution in [2.75, 3.05) is 94.6 Å². The summed E-state index contributed by atoms with van der Waals surface area (Å²) >= 11 is 7.76. The maximum Gasteiger partial charge on any atom is 0.501 e. The number of thioether (sulfide) groups is 1. The van der Waals surface area contributed by atoms with Gasteiger partial charge in [0.05, 0.1) is 17.2 Å². The number of hydrogen-bond donors (Lipinski definition) is 2. The summed E-state index contributed by atoms with van der Waals surface area (Å²) in [5.74, 6) is -0.685. The van der Waals surface area contributed by atoms with E-state index in [4.69, 9.17) is 21.1 Å². The van der Waals surface area contributed by atoms with Gasteiger partial charge in [0.1, 0.15) is 11.5 Å². The van der Waals surface area contributed by atoms with E-state index in [1.54, 1.807) is 12.1 Å². The number of amides is 2. The molecule has 1 spiro atoms. The Balaban J connectivity index is 0.829. The van der Waals surface area contributed by atoms with Crippen molar-refractivity contribution >= 4 is 72.2 Å². The molecule has 3 fully saturated rings. The van der Waals surface area contributed by atoms with Crippen molar-refractivity contribution in [1.82, 2.24) is 19.4 Å². The van der Waals surface area contributed by atoms with Gasteiger partial charge in [-0.3, -0.25) is 9.69 Å². The van der Waals surface area contributed by atoms with E-state index in [2.05, 4.69) is 32.1 Å². The van der Waals surface area contributed by atoms with E-state index in [9.17, 15) is 39.6 Å². The Labute approximate surface area is 470 Å². The highest BCUT2D eigenvalue weighted by Crippen LogP contribution is 2.49. The van der Waals surface area contributed by atoms with Crippen LogP contribution >= 0.6 is 23.4 Å². The molecule has 0 bridgehead atoms. The summed E-state index contributed by atoms with van der Waals surface area (Å²) < 4.78 is 110. The molecular formula is C58H66ClF3N6O8S3. The monoisotopic (exact) mass is 1160 g/mol. The molecule has 2 N–H and O–H groups in total. The van der Waals surface area contributed by atoms with E-state index in [-0.39, 0.29) is 23.7 Å². The quantitative estimate of drug-likeness (QED) is 0.0800. The fraction of sp³-hybridized carbons (Fsp3) is 0.414. The van der Waals surface area contributed by atoms with Gasteiger partial charge in [-0.15, -0.1) is 11.8 Å². The van der Waals surface area contributed by atoms with Gasteiger partial charge in [0.25, 0.3) is 25.8 Å². The van der Waals surface area contributed by atoms with E-state index in [1.165, 1.54) is 40.6 Å². The molecule has 14 nitrogen and oxygen atoms in total. The van der Waals surface area contributed by atoms with Crippen molar-refractivity contribution in [1.29, 1.82) is 0 Å². The van der Waals surface area contributed by atoms with Crippen LogP contribution in [0.25, 0.3) is 5.57 Å². The highest BCUT2D eigenvalue weighted by Gasteiger charge is 2.49. The van der Waals surface area contributed by atoms with Gasteiger partial charge in [0.2, 0.25) is 0 Å². The average molecular weight is 1160 g/mol. The fourth-order valence-electron chi connectivity index (χ4n) is 10.9. The molecule has 4 aliphatic rings. The second-order valence-electron chi connectivity index (χ2n) is 20.7. The molecular weight excluding hydrogens is 1100 g/mol. The Morgan fingerprint density at radius 3 is 2.16 bits per heavy atom.